The molecule has 0 aromatic heterocycles. The summed E-state index contributed by atoms with van der Waals surface area (Å²) < 4.78 is 23.0. The molecule has 1 aliphatic heterocycles. The van der Waals surface area contributed by atoms with Gasteiger partial charge in [0.15, 0.2) is 17.7 Å². The van der Waals surface area contributed by atoms with Crippen LogP contribution < -0.4 is 30.3 Å². The zero-order valence-electron chi connectivity index (χ0n) is 24.5. The molecule has 0 radical (unpaired) electrons. The summed E-state index contributed by atoms with van der Waals surface area (Å²) in [5, 5.41) is 20.8. The first-order chi connectivity index (χ1) is 21.6. The number of hydrazone groups is 1. The number of amides is 2. The summed E-state index contributed by atoms with van der Waals surface area (Å²) in [6, 6.07) is 14.5. The second kappa shape index (κ2) is 15.8. The summed E-state index contributed by atoms with van der Waals surface area (Å²) in [6.07, 6.45) is 0.395. The van der Waals surface area contributed by atoms with Crippen molar-refractivity contribution in [2.75, 3.05) is 20.3 Å². The molecule has 0 bridgehead atoms. The molecule has 3 aromatic rings. The number of carbonyl (C=O) groups excluding carboxylic acids is 2. The Morgan fingerprint density at radius 1 is 1.07 bits per heavy atom. The van der Waals surface area contributed by atoms with E-state index in [9.17, 15) is 14.7 Å². The number of rotatable bonds is 13. The van der Waals surface area contributed by atoms with Crippen molar-refractivity contribution in [3.05, 3.63) is 97.1 Å². The second-order valence-corrected chi connectivity index (χ2v) is 11.3. The fourth-order valence-corrected chi connectivity index (χ4v) is 5.16. The molecule has 0 unspecified atom stereocenters. The van der Waals surface area contributed by atoms with Gasteiger partial charge in [0.25, 0.3) is 0 Å². The molecule has 0 saturated carbocycles. The van der Waals surface area contributed by atoms with Crippen LogP contribution in [0.15, 0.2) is 75.4 Å². The van der Waals surface area contributed by atoms with Gasteiger partial charge >= 0.3 is 12.0 Å². The average Bonchev–Trinajstić information content (AvgIpc) is 3.01. The highest BCUT2D eigenvalue weighted by Crippen LogP contribution is 2.35. The summed E-state index contributed by atoms with van der Waals surface area (Å²) >= 11 is 15.5. The van der Waals surface area contributed by atoms with Gasteiger partial charge in [0.05, 0.1) is 46.1 Å². The molecular formula is C31H31BrCl2N4O7. The van der Waals surface area contributed by atoms with Gasteiger partial charge in [0, 0.05) is 5.70 Å². The standard InChI is InChI=1S/C31H31BrCl2N4O7/c1-4-43-26-13-20(29-28(30(40)42-3)17(2)36-31(41)37-29)7-10-25(26)45-16-27(39)38-35-14-18-6-9-24(21(32)11-18)44-15-19-5-8-22(33)23(34)12-19/h5-14,27,29,38-39H,4,15-16H2,1-3H3,(H2,36,37,41)/b35-14-/t27-,29-/m0/s1. The molecule has 2 amide bonds. The Morgan fingerprint density at radius 3 is 2.56 bits per heavy atom. The Morgan fingerprint density at radius 2 is 1.84 bits per heavy atom. The molecule has 1 aliphatic rings. The summed E-state index contributed by atoms with van der Waals surface area (Å²) in [5.41, 5.74) is 5.48. The highest BCUT2D eigenvalue weighted by molar-refractivity contribution is 9.10. The summed E-state index contributed by atoms with van der Waals surface area (Å²) in [4.78, 5) is 24.6. The number of aliphatic hydroxyl groups excluding tert-OH is 1. The molecular weight excluding hydrogens is 691 g/mol. The maximum absolute atomic E-state index is 12.4. The van der Waals surface area contributed by atoms with Crippen molar-refractivity contribution in [3.63, 3.8) is 0 Å². The van der Waals surface area contributed by atoms with Gasteiger partial charge < -0.3 is 34.7 Å². The SMILES string of the molecule is CCOc1cc([C@@H]2NC(=O)NC(C)=C2C(=O)OC)ccc1OC[C@H](O)N/N=C\c1ccc(OCc2ccc(Cl)c(Cl)c2)c(Br)c1. The van der Waals surface area contributed by atoms with Crippen molar-refractivity contribution in [2.24, 2.45) is 5.10 Å². The first-order valence-corrected chi connectivity index (χ1v) is 15.2. The molecule has 238 valence electrons. The first kappa shape index (κ1) is 33.9. The minimum atomic E-state index is -1.15. The molecule has 2 atom stereocenters. The lowest BCUT2D eigenvalue weighted by Crippen LogP contribution is -2.45. The van der Waals surface area contributed by atoms with Crippen molar-refractivity contribution in [1.82, 2.24) is 16.1 Å². The number of allylic oxidation sites excluding steroid dienone is 1. The number of benzene rings is 3. The lowest BCUT2D eigenvalue weighted by Gasteiger charge is -2.28. The van der Waals surface area contributed by atoms with Crippen molar-refractivity contribution in [2.45, 2.75) is 32.7 Å². The largest absolute Gasteiger partial charge is 0.490 e. The number of esters is 1. The Kier molecular flexibility index (Phi) is 11.9. The summed E-state index contributed by atoms with van der Waals surface area (Å²) in [7, 11) is 1.27. The second-order valence-electron chi connectivity index (χ2n) is 9.64. The van der Waals surface area contributed by atoms with E-state index >= 15 is 0 Å². The molecule has 4 N–H and O–H groups in total. The van der Waals surface area contributed by atoms with Gasteiger partial charge in [-0.15, -0.1) is 0 Å². The Labute approximate surface area is 278 Å². The number of halogens is 3. The zero-order chi connectivity index (χ0) is 32.5. The number of nitrogens with one attached hydrogen (secondary N) is 3. The lowest BCUT2D eigenvalue weighted by molar-refractivity contribution is -0.136. The number of carbonyl (C=O) groups is 2. The number of ether oxygens (including phenoxy) is 4. The molecule has 3 aromatic carbocycles. The third-order valence-corrected chi connectivity index (χ3v) is 7.80. The smallest absolute Gasteiger partial charge is 0.337 e. The Hall–Kier alpha value is -3.97. The van der Waals surface area contributed by atoms with Gasteiger partial charge in [0.1, 0.15) is 19.0 Å². The van der Waals surface area contributed by atoms with Crippen LogP contribution in [0.1, 0.15) is 36.6 Å². The molecule has 0 spiro atoms. The molecule has 0 fully saturated rings. The van der Waals surface area contributed by atoms with E-state index in [0.717, 1.165) is 15.6 Å². The molecule has 0 aliphatic carbocycles. The number of aliphatic hydroxyl groups is 1. The molecule has 11 nitrogen and oxygen atoms in total. The predicted octanol–water partition coefficient (Wildman–Crippen LogP) is 5.86. The van der Waals surface area contributed by atoms with Crippen LogP contribution in [0.3, 0.4) is 0 Å². The predicted molar refractivity (Wildman–Crippen MR) is 174 cm³/mol. The van der Waals surface area contributed by atoms with Crippen LogP contribution in [-0.2, 0) is 16.1 Å². The van der Waals surface area contributed by atoms with Crippen LogP contribution in [0.2, 0.25) is 10.0 Å². The van der Waals surface area contributed by atoms with E-state index in [-0.39, 0.29) is 12.2 Å². The van der Waals surface area contributed by atoms with Gasteiger partial charge in [-0.25, -0.2) is 9.59 Å². The molecule has 0 saturated heterocycles. The minimum Gasteiger partial charge on any atom is -0.490 e. The van der Waals surface area contributed by atoms with Crippen LogP contribution in [0, 0.1) is 0 Å². The van der Waals surface area contributed by atoms with E-state index in [2.05, 4.69) is 37.1 Å². The molecule has 14 heteroatoms. The maximum atomic E-state index is 12.4. The van der Waals surface area contributed by atoms with Crippen molar-refractivity contribution >= 4 is 57.3 Å². The van der Waals surface area contributed by atoms with Gasteiger partial charge in [-0.05, 0) is 88.9 Å². The van der Waals surface area contributed by atoms with Crippen LogP contribution in [-0.4, -0.2) is 49.9 Å². The Bertz CT molecular complexity index is 1620. The highest BCUT2D eigenvalue weighted by atomic mass is 79.9. The molecule has 1 heterocycles. The highest BCUT2D eigenvalue weighted by Gasteiger charge is 2.32. The topological polar surface area (TPSA) is 140 Å². The monoisotopic (exact) mass is 720 g/mol. The van der Waals surface area contributed by atoms with Gasteiger partial charge in [-0.3, -0.25) is 5.43 Å². The molecule has 4 rings (SSSR count). The normalized spacial score (nSPS) is 15.3. The zero-order valence-corrected chi connectivity index (χ0v) is 27.6. The number of hydrogen-bond donors (Lipinski definition) is 4. The maximum Gasteiger partial charge on any atom is 0.337 e. The van der Waals surface area contributed by atoms with E-state index in [1.807, 2.05) is 25.1 Å². The van der Waals surface area contributed by atoms with E-state index in [1.165, 1.54) is 7.11 Å². The van der Waals surface area contributed by atoms with Crippen molar-refractivity contribution in [3.8, 4) is 17.2 Å². The van der Waals surface area contributed by atoms with Crippen molar-refractivity contribution in [1.29, 1.82) is 0 Å². The van der Waals surface area contributed by atoms with Gasteiger partial charge in [0.2, 0.25) is 0 Å². The van der Waals surface area contributed by atoms with Crippen LogP contribution in [0.4, 0.5) is 4.79 Å². The van der Waals surface area contributed by atoms with E-state index in [4.69, 9.17) is 42.1 Å². The minimum absolute atomic E-state index is 0.154. The average molecular weight is 722 g/mol. The van der Waals surface area contributed by atoms with E-state index in [1.54, 1.807) is 49.5 Å². The lowest BCUT2D eigenvalue weighted by atomic mass is 9.95. The van der Waals surface area contributed by atoms with Gasteiger partial charge in [-0.1, -0.05) is 35.3 Å². The Balaban J connectivity index is 1.34. The summed E-state index contributed by atoms with van der Waals surface area (Å²) in [5.74, 6) is 0.776. The van der Waals surface area contributed by atoms with Crippen molar-refractivity contribution < 1.29 is 33.6 Å². The summed E-state index contributed by atoms with van der Waals surface area (Å²) in [6.45, 7) is 3.92. The van der Waals surface area contributed by atoms with Gasteiger partial charge in [-0.2, -0.15) is 5.10 Å². The number of methoxy groups -OCH3 is 1. The third kappa shape index (κ3) is 9.04. The van der Waals surface area contributed by atoms with E-state index in [0.29, 0.717) is 51.8 Å². The van der Waals surface area contributed by atoms with Crippen LogP contribution in [0.25, 0.3) is 0 Å². The third-order valence-electron chi connectivity index (χ3n) is 6.44. The quantitative estimate of drug-likeness (QED) is 0.0746. The van der Waals surface area contributed by atoms with Crippen LogP contribution >= 0.6 is 39.1 Å². The fourth-order valence-electron chi connectivity index (χ4n) is 4.32. The molecule has 45 heavy (non-hydrogen) atoms. The fraction of sp³-hybridized carbons (Fsp3) is 0.258. The van der Waals surface area contributed by atoms with Crippen LogP contribution in [0.5, 0.6) is 17.2 Å². The van der Waals surface area contributed by atoms with E-state index < -0.39 is 24.3 Å². The number of urea groups is 1. The number of nitrogens with zero attached hydrogens (tertiary/aromatic N) is 1. The first-order valence-electron chi connectivity index (χ1n) is 13.7. The number of hydrogen-bond acceptors (Lipinski definition) is 9.